The number of hydrogen-bond acceptors (Lipinski definition) is 3. The molecule has 1 aromatic rings. The molecule has 1 atom stereocenters. The smallest absolute Gasteiger partial charge is 0.105 e. The van der Waals surface area contributed by atoms with E-state index in [2.05, 4.69) is 17.0 Å². The molecule has 1 aromatic carbocycles. The van der Waals surface area contributed by atoms with Crippen LogP contribution in [0.15, 0.2) is 30.3 Å². The second-order valence-corrected chi connectivity index (χ2v) is 6.71. The van der Waals surface area contributed by atoms with Crippen LogP contribution < -0.4 is 0 Å². The first-order valence-corrected chi connectivity index (χ1v) is 8.47. The molecule has 3 rings (SSSR count). The topological polar surface area (TPSA) is 50.6 Å². The van der Waals surface area contributed by atoms with Gasteiger partial charge in [-0.1, -0.05) is 43.2 Å². The molecule has 1 heterocycles. The average molecular weight is 301 g/mol. The Kier molecular flexibility index (Phi) is 4.79. The Hall–Kier alpha value is -1.39. The fourth-order valence-electron chi connectivity index (χ4n) is 3.98. The monoisotopic (exact) mass is 301 g/mol. The van der Waals surface area contributed by atoms with Gasteiger partial charge in [-0.3, -0.25) is 10.3 Å². The highest BCUT2D eigenvalue weighted by Crippen LogP contribution is 2.41. The van der Waals surface area contributed by atoms with Gasteiger partial charge in [-0.25, -0.2) is 0 Å². The number of aliphatic hydroxyl groups is 1. The summed E-state index contributed by atoms with van der Waals surface area (Å²) in [6.45, 7) is 4.35. The molecule has 22 heavy (non-hydrogen) atoms. The fourth-order valence-corrected chi connectivity index (χ4v) is 3.98. The Bertz CT molecular complexity index is 478. The maximum Gasteiger partial charge on any atom is 0.105 e. The van der Waals surface area contributed by atoms with Gasteiger partial charge in [-0.2, -0.15) is 0 Å². The van der Waals surface area contributed by atoms with E-state index in [1.807, 2.05) is 23.1 Å². The zero-order chi connectivity index (χ0) is 15.4. The van der Waals surface area contributed by atoms with Gasteiger partial charge in [0.25, 0.3) is 0 Å². The van der Waals surface area contributed by atoms with E-state index in [9.17, 15) is 5.11 Å². The van der Waals surface area contributed by atoms with Crippen LogP contribution in [-0.2, 0) is 5.60 Å². The molecular formula is C18H27N3O. The lowest BCUT2D eigenvalue weighted by atomic mass is 9.79. The third-order valence-electron chi connectivity index (χ3n) is 5.36. The van der Waals surface area contributed by atoms with Crippen molar-refractivity contribution in [3.8, 4) is 0 Å². The summed E-state index contributed by atoms with van der Waals surface area (Å²) in [5, 5.41) is 18.9. The Morgan fingerprint density at radius 2 is 1.73 bits per heavy atom. The fraction of sp³-hybridized carbons (Fsp3) is 0.611. The summed E-state index contributed by atoms with van der Waals surface area (Å²) in [7, 11) is 0. The molecule has 1 aliphatic carbocycles. The maximum absolute atomic E-state index is 11.6. The molecule has 4 nitrogen and oxygen atoms in total. The van der Waals surface area contributed by atoms with Crippen LogP contribution in [0.3, 0.4) is 0 Å². The Labute approximate surface area is 133 Å². The van der Waals surface area contributed by atoms with Gasteiger partial charge in [0, 0.05) is 32.7 Å². The third-order valence-corrected chi connectivity index (χ3v) is 5.36. The van der Waals surface area contributed by atoms with Gasteiger partial charge in [-0.15, -0.1) is 0 Å². The van der Waals surface area contributed by atoms with E-state index in [1.54, 1.807) is 0 Å². The molecule has 2 N–H and O–H groups in total. The SMILES string of the molecule is N=CN1CCN(CC(O)(c2ccccc2)C2CCCC2)CC1. The molecule has 0 bridgehead atoms. The van der Waals surface area contributed by atoms with Crippen LogP contribution >= 0.6 is 0 Å². The molecule has 4 heteroatoms. The van der Waals surface area contributed by atoms with Gasteiger partial charge in [0.1, 0.15) is 5.60 Å². The number of piperazine rings is 1. The van der Waals surface area contributed by atoms with Crippen molar-refractivity contribution >= 4 is 6.34 Å². The second kappa shape index (κ2) is 6.80. The highest BCUT2D eigenvalue weighted by Gasteiger charge is 2.41. The number of nitrogens with zero attached hydrogens (tertiary/aromatic N) is 2. The second-order valence-electron chi connectivity index (χ2n) is 6.71. The van der Waals surface area contributed by atoms with E-state index in [0.717, 1.165) is 44.6 Å². The van der Waals surface area contributed by atoms with Crippen molar-refractivity contribution in [2.75, 3.05) is 32.7 Å². The van der Waals surface area contributed by atoms with Crippen molar-refractivity contribution in [3.05, 3.63) is 35.9 Å². The minimum Gasteiger partial charge on any atom is -0.384 e. The molecule has 1 unspecified atom stereocenters. The van der Waals surface area contributed by atoms with Crippen molar-refractivity contribution in [1.82, 2.24) is 9.80 Å². The van der Waals surface area contributed by atoms with E-state index < -0.39 is 5.60 Å². The summed E-state index contributed by atoms with van der Waals surface area (Å²) in [4.78, 5) is 4.40. The number of rotatable bonds is 5. The highest BCUT2D eigenvalue weighted by atomic mass is 16.3. The van der Waals surface area contributed by atoms with E-state index in [1.165, 1.54) is 19.2 Å². The van der Waals surface area contributed by atoms with Crippen molar-refractivity contribution in [1.29, 1.82) is 5.41 Å². The lowest BCUT2D eigenvalue weighted by Gasteiger charge is -2.42. The zero-order valence-corrected chi connectivity index (χ0v) is 13.2. The molecule has 0 aromatic heterocycles. The summed E-state index contributed by atoms with van der Waals surface area (Å²) < 4.78 is 0. The van der Waals surface area contributed by atoms with E-state index in [-0.39, 0.29) is 0 Å². The normalized spacial score (nSPS) is 23.4. The van der Waals surface area contributed by atoms with Crippen LogP contribution in [0.5, 0.6) is 0 Å². The number of hydrogen-bond donors (Lipinski definition) is 2. The Morgan fingerprint density at radius 3 is 2.32 bits per heavy atom. The molecule has 2 fully saturated rings. The van der Waals surface area contributed by atoms with Crippen LogP contribution in [0.2, 0.25) is 0 Å². The molecule has 120 valence electrons. The van der Waals surface area contributed by atoms with E-state index in [4.69, 9.17) is 5.41 Å². The zero-order valence-electron chi connectivity index (χ0n) is 13.2. The largest absolute Gasteiger partial charge is 0.384 e. The van der Waals surface area contributed by atoms with Crippen LogP contribution in [0.25, 0.3) is 0 Å². The predicted molar refractivity (Wildman–Crippen MR) is 89.1 cm³/mol. The maximum atomic E-state index is 11.6. The van der Waals surface area contributed by atoms with Crippen LogP contribution in [-0.4, -0.2) is 54.0 Å². The van der Waals surface area contributed by atoms with Gasteiger partial charge in [0.05, 0.1) is 6.34 Å². The average Bonchev–Trinajstić information content (AvgIpc) is 3.11. The van der Waals surface area contributed by atoms with Crippen molar-refractivity contribution in [2.45, 2.75) is 31.3 Å². The molecule has 0 radical (unpaired) electrons. The number of benzene rings is 1. The van der Waals surface area contributed by atoms with Crippen LogP contribution in [0, 0.1) is 11.3 Å². The van der Waals surface area contributed by atoms with Crippen molar-refractivity contribution in [2.24, 2.45) is 5.92 Å². The van der Waals surface area contributed by atoms with Gasteiger partial charge in [0.2, 0.25) is 0 Å². The molecule has 1 saturated heterocycles. The Balaban J connectivity index is 1.76. The molecule has 2 aliphatic rings. The lowest BCUT2D eigenvalue weighted by Crippen LogP contribution is -2.52. The molecule has 0 amide bonds. The van der Waals surface area contributed by atoms with Crippen LogP contribution in [0.4, 0.5) is 0 Å². The minimum absolute atomic E-state index is 0.371. The molecular weight excluding hydrogens is 274 g/mol. The van der Waals surface area contributed by atoms with Gasteiger partial charge < -0.3 is 10.0 Å². The Morgan fingerprint density at radius 1 is 1.09 bits per heavy atom. The lowest BCUT2D eigenvalue weighted by molar-refractivity contribution is -0.0551. The first kappa shape index (κ1) is 15.5. The van der Waals surface area contributed by atoms with E-state index in [0.29, 0.717) is 12.5 Å². The first-order chi connectivity index (χ1) is 10.7. The molecule has 1 saturated carbocycles. The first-order valence-electron chi connectivity index (χ1n) is 8.47. The summed E-state index contributed by atoms with van der Waals surface area (Å²) in [6, 6.07) is 10.2. The highest BCUT2D eigenvalue weighted by molar-refractivity contribution is 5.50. The predicted octanol–water partition coefficient (Wildman–Crippen LogP) is 2.29. The van der Waals surface area contributed by atoms with E-state index >= 15 is 0 Å². The van der Waals surface area contributed by atoms with Crippen molar-refractivity contribution in [3.63, 3.8) is 0 Å². The van der Waals surface area contributed by atoms with Crippen molar-refractivity contribution < 1.29 is 5.11 Å². The molecule has 1 aliphatic heterocycles. The van der Waals surface area contributed by atoms with Gasteiger partial charge >= 0.3 is 0 Å². The summed E-state index contributed by atoms with van der Waals surface area (Å²) >= 11 is 0. The summed E-state index contributed by atoms with van der Waals surface area (Å²) in [5.41, 5.74) is 0.335. The van der Waals surface area contributed by atoms with Gasteiger partial charge in [-0.05, 0) is 24.3 Å². The third kappa shape index (κ3) is 3.18. The summed E-state index contributed by atoms with van der Waals surface area (Å²) in [5.74, 6) is 0.371. The van der Waals surface area contributed by atoms with Gasteiger partial charge in [0.15, 0.2) is 0 Å². The minimum atomic E-state index is -0.732. The molecule has 0 spiro atoms. The van der Waals surface area contributed by atoms with Crippen LogP contribution in [0.1, 0.15) is 31.2 Å². The summed E-state index contributed by atoms with van der Waals surface area (Å²) in [6.07, 6.45) is 6.16. The quantitative estimate of drug-likeness (QED) is 0.648. The number of β-amino-alcohol motifs (C(OH)–C–C–N with tert-alkyl or cyclic N) is 1. The number of nitrogens with one attached hydrogen (secondary N) is 1. The standard InChI is InChI=1S/C18H27N3O/c19-15-21-12-10-20(11-13-21)14-18(22,17-8-4-5-9-17)16-6-2-1-3-7-16/h1-3,6-7,15,17,19,22H,4-5,8-14H2.